The van der Waals surface area contributed by atoms with E-state index in [9.17, 15) is 8.42 Å². The molecular weight excluding hydrogens is 278 g/mol. The van der Waals surface area contributed by atoms with Gasteiger partial charge in [0.2, 0.25) is 10.0 Å². The summed E-state index contributed by atoms with van der Waals surface area (Å²) in [6.07, 6.45) is 2.03. The summed E-state index contributed by atoms with van der Waals surface area (Å²) in [6.45, 7) is 1.95. The van der Waals surface area contributed by atoms with Crippen molar-refractivity contribution in [1.82, 2.24) is 19.5 Å². The maximum absolute atomic E-state index is 12.3. The number of nitrogen functional groups attached to an aromatic ring is 1. The molecule has 0 radical (unpaired) electrons. The predicted octanol–water partition coefficient (Wildman–Crippen LogP) is 0.227. The van der Waals surface area contributed by atoms with Crippen molar-refractivity contribution in [3.8, 4) is 0 Å². The van der Waals surface area contributed by atoms with E-state index >= 15 is 0 Å². The highest BCUT2D eigenvalue weighted by molar-refractivity contribution is 7.89. The lowest BCUT2D eigenvalue weighted by atomic mass is 10.2. The van der Waals surface area contributed by atoms with E-state index in [0.29, 0.717) is 17.8 Å². The highest BCUT2D eigenvalue weighted by atomic mass is 32.2. The van der Waals surface area contributed by atoms with Crippen LogP contribution in [0.25, 0.3) is 0 Å². The van der Waals surface area contributed by atoms with Gasteiger partial charge >= 0.3 is 0 Å². The van der Waals surface area contributed by atoms with E-state index in [1.54, 1.807) is 36.0 Å². The van der Waals surface area contributed by atoms with Crippen molar-refractivity contribution in [3.05, 3.63) is 35.9 Å². The Labute approximate surface area is 117 Å². The van der Waals surface area contributed by atoms with Crippen LogP contribution in [0.15, 0.2) is 29.4 Å². The van der Waals surface area contributed by atoms with Gasteiger partial charge in [0.25, 0.3) is 0 Å². The number of hydrogen-bond acceptors (Lipinski definition) is 5. The van der Waals surface area contributed by atoms with Crippen molar-refractivity contribution in [3.63, 3.8) is 0 Å². The van der Waals surface area contributed by atoms with Crippen LogP contribution in [0.3, 0.4) is 0 Å². The lowest BCUT2D eigenvalue weighted by molar-refractivity contribution is 0.580. The zero-order valence-corrected chi connectivity index (χ0v) is 12.2. The van der Waals surface area contributed by atoms with Crippen LogP contribution in [-0.4, -0.2) is 29.7 Å². The molecule has 1 aromatic heterocycles. The largest absolute Gasteiger partial charge is 0.398 e. The Bertz CT molecular complexity index is 688. The van der Waals surface area contributed by atoms with Gasteiger partial charge < -0.3 is 10.3 Å². The van der Waals surface area contributed by atoms with Crippen LogP contribution in [0.2, 0.25) is 0 Å². The van der Waals surface area contributed by atoms with Crippen LogP contribution >= 0.6 is 0 Å². The molecule has 0 amide bonds. The van der Waals surface area contributed by atoms with Crippen molar-refractivity contribution < 1.29 is 8.42 Å². The van der Waals surface area contributed by atoms with Crippen molar-refractivity contribution in [1.29, 1.82) is 0 Å². The number of hydrogen-bond donors (Lipinski definition) is 2. The molecule has 7 nitrogen and oxygen atoms in total. The lowest BCUT2D eigenvalue weighted by Gasteiger charge is -2.11. The second-order valence-electron chi connectivity index (χ2n) is 4.50. The lowest BCUT2D eigenvalue weighted by Crippen LogP contribution is -2.28. The number of aryl methyl sites for hydroxylation is 2. The molecule has 0 atom stereocenters. The fraction of sp³-hybridized carbons (Fsp3) is 0.333. The van der Waals surface area contributed by atoms with Gasteiger partial charge in [0.15, 0.2) is 0 Å². The summed E-state index contributed by atoms with van der Waals surface area (Å²) in [5.41, 5.74) is 6.62. The fourth-order valence-electron chi connectivity index (χ4n) is 1.95. The zero-order chi connectivity index (χ0) is 14.8. The van der Waals surface area contributed by atoms with Gasteiger partial charge in [0.05, 0.1) is 5.69 Å². The Morgan fingerprint density at radius 2 is 2.15 bits per heavy atom. The number of nitrogens with zero attached hydrogens (tertiary/aromatic N) is 3. The SMILES string of the molecule is Cc1cccc(N)c1S(=O)(=O)NCCc1nncn1C. The third-order valence-corrected chi connectivity index (χ3v) is 4.64. The van der Waals surface area contributed by atoms with Crippen molar-refractivity contribution in [2.24, 2.45) is 7.05 Å². The minimum Gasteiger partial charge on any atom is -0.398 e. The van der Waals surface area contributed by atoms with Crippen LogP contribution in [-0.2, 0) is 23.5 Å². The van der Waals surface area contributed by atoms with E-state index in [-0.39, 0.29) is 17.1 Å². The Balaban J connectivity index is 2.10. The Hall–Kier alpha value is -1.93. The number of rotatable bonds is 5. The third-order valence-electron chi connectivity index (χ3n) is 2.96. The molecule has 2 rings (SSSR count). The molecule has 20 heavy (non-hydrogen) atoms. The first kappa shape index (κ1) is 14.5. The van der Waals surface area contributed by atoms with E-state index in [0.717, 1.165) is 0 Å². The second kappa shape index (κ2) is 5.59. The van der Waals surface area contributed by atoms with Gasteiger partial charge in [-0.1, -0.05) is 12.1 Å². The summed E-state index contributed by atoms with van der Waals surface area (Å²) in [5.74, 6) is 0.713. The second-order valence-corrected chi connectivity index (χ2v) is 6.20. The van der Waals surface area contributed by atoms with Crippen LogP contribution in [0, 0.1) is 6.92 Å². The summed E-state index contributed by atoms with van der Waals surface area (Å²) in [7, 11) is -1.81. The number of benzene rings is 1. The first-order valence-corrected chi connectivity index (χ1v) is 7.58. The molecule has 1 heterocycles. The van der Waals surface area contributed by atoms with Gasteiger partial charge in [-0.25, -0.2) is 13.1 Å². The normalized spacial score (nSPS) is 11.7. The van der Waals surface area contributed by atoms with Crippen LogP contribution in [0.5, 0.6) is 0 Å². The van der Waals surface area contributed by atoms with E-state index < -0.39 is 10.0 Å². The molecule has 108 valence electrons. The quantitative estimate of drug-likeness (QED) is 0.768. The number of nitrogens with two attached hydrogens (primary N) is 1. The van der Waals surface area contributed by atoms with E-state index in [4.69, 9.17) is 5.73 Å². The molecule has 0 aliphatic rings. The monoisotopic (exact) mass is 295 g/mol. The average molecular weight is 295 g/mol. The van der Waals surface area contributed by atoms with Gasteiger partial charge in [-0.2, -0.15) is 0 Å². The third kappa shape index (κ3) is 2.97. The highest BCUT2D eigenvalue weighted by Gasteiger charge is 2.19. The molecule has 2 aromatic rings. The molecule has 8 heteroatoms. The fourth-order valence-corrected chi connectivity index (χ4v) is 3.33. The van der Waals surface area contributed by atoms with Crippen LogP contribution in [0.1, 0.15) is 11.4 Å². The van der Waals surface area contributed by atoms with E-state index in [2.05, 4.69) is 14.9 Å². The number of sulfonamides is 1. The molecule has 0 spiro atoms. The first-order valence-electron chi connectivity index (χ1n) is 6.09. The molecule has 0 aliphatic heterocycles. The first-order chi connectivity index (χ1) is 9.42. The van der Waals surface area contributed by atoms with Gasteiger partial charge in [0.1, 0.15) is 17.0 Å². The van der Waals surface area contributed by atoms with E-state index in [1.807, 2.05) is 7.05 Å². The van der Waals surface area contributed by atoms with Crippen LogP contribution in [0.4, 0.5) is 5.69 Å². The topological polar surface area (TPSA) is 103 Å². The minimum absolute atomic E-state index is 0.137. The molecule has 0 fully saturated rings. The standard InChI is InChI=1S/C12H17N5O2S/c1-9-4-3-5-10(13)12(9)20(18,19)15-7-6-11-16-14-8-17(11)2/h3-5,8,15H,6-7,13H2,1-2H3. The molecule has 0 saturated heterocycles. The average Bonchev–Trinajstić information content (AvgIpc) is 2.74. The van der Waals surface area contributed by atoms with Gasteiger partial charge in [-0.15, -0.1) is 10.2 Å². The van der Waals surface area contributed by atoms with Crippen molar-refractivity contribution in [2.75, 3.05) is 12.3 Å². The highest BCUT2D eigenvalue weighted by Crippen LogP contribution is 2.21. The summed E-state index contributed by atoms with van der Waals surface area (Å²) in [4.78, 5) is 0.137. The maximum atomic E-state index is 12.3. The van der Waals surface area contributed by atoms with Crippen molar-refractivity contribution in [2.45, 2.75) is 18.2 Å². The van der Waals surface area contributed by atoms with Crippen LogP contribution < -0.4 is 10.5 Å². The van der Waals surface area contributed by atoms with Gasteiger partial charge in [-0.3, -0.25) is 0 Å². The molecule has 0 unspecified atom stereocenters. The number of aromatic nitrogens is 3. The van der Waals surface area contributed by atoms with Gasteiger partial charge in [0, 0.05) is 20.0 Å². The molecule has 0 aliphatic carbocycles. The molecule has 0 bridgehead atoms. The maximum Gasteiger partial charge on any atom is 0.242 e. The van der Waals surface area contributed by atoms with Gasteiger partial charge in [-0.05, 0) is 18.6 Å². The minimum atomic E-state index is -3.62. The van der Waals surface area contributed by atoms with Crippen molar-refractivity contribution >= 4 is 15.7 Å². The number of anilines is 1. The Morgan fingerprint density at radius 3 is 2.75 bits per heavy atom. The Morgan fingerprint density at radius 1 is 1.40 bits per heavy atom. The van der Waals surface area contributed by atoms with E-state index in [1.165, 1.54) is 0 Å². The molecule has 3 N–H and O–H groups in total. The zero-order valence-electron chi connectivity index (χ0n) is 11.4. The Kier molecular flexibility index (Phi) is 4.05. The number of nitrogens with one attached hydrogen (secondary N) is 1. The summed E-state index contributed by atoms with van der Waals surface area (Å²) in [6, 6.07) is 5.01. The molecule has 1 aromatic carbocycles. The molecular formula is C12H17N5O2S. The predicted molar refractivity (Wildman–Crippen MR) is 75.5 cm³/mol. The summed E-state index contributed by atoms with van der Waals surface area (Å²) in [5, 5.41) is 7.64. The summed E-state index contributed by atoms with van der Waals surface area (Å²) < 4.78 is 28.8. The summed E-state index contributed by atoms with van der Waals surface area (Å²) >= 11 is 0. The smallest absolute Gasteiger partial charge is 0.242 e. The molecule has 0 saturated carbocycles.